The summed E-state index contributed by atoms with van der Waals surface area (Å²) in [6.07, 6.45) is 16.1. The third-order valence-corrected chi connectivity index (χ3v) is 12.0. The highest BCUT2D eigenvalue weighted by atomic mass is 16.5. The lowest BCUT2D eigenvalue weighted by Crippen LogP contribution is -2.25. The summed E-state index contributed by atoms with van der Waals surface area (Å²) in [6, 6.07) is 31.9. The van der Waals surface area contributed by atoms with E-state index in [2.05, 4.69) is 67.8 Å². The third kappa shape index (κ3) is 16.0. The summed E-state index contributed by atoms with van der Waals surface area (Å²) in [7, 11) is 0. The molecule has 4 aromatic carbocycles. The van der Waals surface area contributed by atoms with Gasteiger partial charge in [-0.05, 0) is 124 Å². The average molecular weight is 959 g/mol. The molecule has 2 saturated heterocycles. The van der Waals surface area contributed by atoms with Crippen molar-refractivity contribution < 1.29 is 28.4 Å². The summed E-state index contributed by atoms with van der Waals surface area (Å²) in [6.45, 7) is 18.7. The van der Waals surface area contributed by atoms with Crippen molar-refractivity contribution in [1.82, 2.24) is 29.7 Å². The number of anilines is 4. The zero-order valence-electron chi connectivity index (χ0n) is 40.7. The van der Waals surface area contributed by atoms with Gasteiger partial charge in [0.2, 0.25) is 11.9 Å². The van der Waals surface area contributed by atoms with Crippen molar-refractivity contribution in [3.05, 3.63) is 164 Å². The first-order chi connectivity index (χ1) is 35.1. The molecule has 9 rings (SSSR count). The Morgan fingerprint density at radius 3 is 2.08 bits per heavy atom. The monoisotopic (exact) mass is 959 g/mol. The van der Waals surface area contributed by atoms with E-state index in [1.807, 2.05) is 84.9 Å². The van der Waals surface area contributed by atoms with Crippen molar-refractivity contribution in [3.63, 3.8) is 0 Å². The number of aromatic nitrogens is 4. The maximum absolute atomic E-state index is 6.16. The van der Waals surface area contributed by atoms with E-state index in [9.17, 15) is 0 Å². The molecule has 0 spiro atoms. The number of ether oxygens (including phenoxy) is 6. The van der Waals surface area contributed by atoms with Crippen molar-refractivity contribution in [2.24, 2.45) is 0 Å². The molecule has 6 bridgehead atoms. The molecule has 3 aliphatic rings. The van der Waals surface area contributed by atoms with Gasteiger partial charge in [0.05, 0.1) is 51.0 Å². The Morgan fingerprint density at radius 2 is 1.32 bits per heavy atom. The van der Waals surface area contributed by atoms with E-state index < -0.39 is 0 Å². The molecule has 2 aromatic heterocycles. The fourth-order valence-corrected chi connectivity index (χ4v) is 8.41. The third-order valence-electron chi connectivity index (χ3n) is 12.0. The minimum Gasteiger partial charge on any atom is -0.492 e. The minimum atomic E-state index is 0.430. The lowest BCUT2D eigenvalue weighted by atomic mass is 10.1. The molecule has 370 valence electrons. The number of hydrogen-bond donors (Lipinski definition) is 2. The van der Waals surface area contributed by atoms with Gasteiger partial charge in [-0.2, -0.15) is 0 Å². The SMILES string of the molecule is C1=C/COCc2cc(ccc2OCCN2CCCC2)Nc2nccc(n2)-c2cccc(c2)COC/1.C=CCOCc1cc(Nc2nccc(-c3cccc(OCC=C)c3)n2)ccc1OCCN1CCCC1. The Morgan fingerprint density at radius 1 is 0.648 bits per heavy atom. The molecule has 6 aromatic rings. The standard InChI is InChI=1S/C29H34N4O3.C28H32N4O3/c1-3-17-34-22-24-20-25(10-11-28(24)36-19-16-33-14-5-6-15-33)31-29-30-13-12-27(32-29)23-8-7-9-26(21-23)35-18-4-2;1-2-13-32(12-1)14-17-35-27-9-8-25-19-24(27)21-34-16-4-3-15-33-20-22-6-5-7-23(18-22)26-10-11-29-28(30-25)31-26/h3-4,7-13,20-21H,1-2,5-6,14-19,22H2,(H,30,31,32);3-11,18-19H,1-2,12-17,20-21H2,(H,29,30,31)/b;4-3+. The van der Waals surface area contributed by atoms with Gasteiger partial charge in [-0.15, -0.1) is 6.58 Å². The van der Waals surface area contributed by atoms with E-state index in [0.717, 1.165) is 94.0 Å². The number of benzene rings is 4. The second-order valence-electron chi connectivity index (χ2n) is 17.4. The van der Waals surface area contributed by atoms with Crippen LogP contribution in [0, 0.1) is 0 Å². The molecule has 0 radical (unpaired) electrons. The number of fused-ring (bicyclic) bond motifs is 7. The van der Waals surface area contributed by atoms with Crippen LogP contribution < -0.4 is 24.8 Å². The van der Waals surface area contributed by atoms with Gasteiger partial charge in [0.25, 0.3) is 0 Å². The number of rotatable bonds is 18. The van der Waals surface area contributed by atoms with Crippen LogP contribution in [0.4, 0.5) is 23.3 Å². The number of nitrogens with one attached hydrogen (secondary N) is 2. The van der Waals surface area contributed by atoms with Crippen molar-refractivity contribution in [3.8, 4) is 39.8 Å². The van der Waals surface area contributed by atoms with Gasteiger partial charge in [0.1, 0.15) is 37.1 Å². The lowest BCUT2D eigenvalue weighted by molar-refractivity contribution is 0.138. The summed E-state index contributed by atoms with van der Waals surface area (Å²) < 4.78 is 35.4. The highest BCUT2D eigenvalue weighted by Crippen LogP contribution is 2.29. The molecule has 14 heteroatoms. The highest BCUT2D eigenvalue weighted by molar-refractivity contribution is 5.65. The van der Waals surface area contributed by atoms with Gasteiger partial charge >= 0.3 is 0 Å². The van der Waals surface area contributed by atoms with Crippen LogP contribution >= 0.6 is 0 Å². The van der Waals surface area contributed by atoms with Gasteiger partial charge in [-0.1, -0.05) is 61.2 Å². The fourth-order valence-electron chi connectivity index (χ4n) is 8.41. The Kier molecular flexibility index (Phi) is 19.5. The van der Waals surface area contributed by atoms with Crippen molar-refractivity contribution in [1.29, 1.82) is 0 Å². The predicted molar refractivity (Wildman–Crippen MR) is 281 cm³/mol. The Bertz CT molecular complexity index is 2650. The maximum Gasteiger partial charge on any atom is 0.227 e. The molecular formula is C57H66N8O6. The zero-order valence-corrected chi connectivity index (χ0v) is 40.7. The molecule has 2 fully saturated rings. The molecule has 0 unspecified atom stereocenters. The van der Waals surface area contributed by atoms with Crippen LogP contribution in [0.2, 0.25) is 0 Å². The second kappa shape index (κ2) is 27.5. The van der Waals surface area contributed by atoms with Gasteiger partial charge in [0.15, 0.2) is 0 Å². The van der Waals surface area contributed by atoms with E-state index in [0.29, 0.717) is 71.4 Å². The van der Waals surface area contributed by atoms with Crippen LogP contribution in [0.5, 0.6) is 17.2 Å². The molecular weight excluding hydrogens is 893 g/mol. The summed E-state index contributed by atoms with van der Waals surface area (Å²) in [5, 5.41) is 6.66. The zero-order chi connectivity index (χ0) is 48.7. The predicted octanol–water partition coefficient (Wildman–Crippen LogP) is 10.6. The van der Waals surface area contributed by atoms with Gasteiger partial charge in [0, 0.05) is 59.1 Å². The Balaban J connectivity index is 0.000000190. The summed E-state index contributed by atoms with van der Waals surface area (Å²) in [4.78, 5) is 23.2. The topological polar surface area (TPSA) is 137 Å². The van der Waals surface area contributed by atoms with Gasteiger partial charge in [-0.25, -0.2) is 19.9 Å². The fraction of sp³-hybridized carbons (Fsp3) is 0.333. The van der Waals surface area contributed by atoms with Gasteiger partial charge in [-0.3, -0.25) is 9.80 Å². The van der Waals surface area contributed by atoms with Crippen LogP contribution in [0.25, 0.3) is 22.5 Å². The van der Waals surface area contributed by atoms with E-state index in [1.165, 1.54) is 38.8 Å². The van der Waals surface area contributed by atoms with Crippen molar-refractivity contribution >= 4 is 23.3 Å². The molecule has 3 aliphatic heterocycles. The first-order valence-corrected chi connectivity index (χ1v) is 24.7. The quantitative estimate of drug-likeness (QED) is 0.0624. The average Bonchev–Trinajstić information content (AvgIpc) is 4.14. The lowest BCUT2D eigenvalue weighted by Gasteiger charge is -2.17. The normalized spacial score (nSPS) is 15.5. The van der Waals surface area contributed by atoms with Crippen LogP contribution in [0.3, 0.4) is 0 Å². The number of likely N-dealkylation sites (tertiary alicyclic amines) is 2. The van der Waals surface area contributed by atoms with Gasteiger partial charge < -0.3 is 39.1 Å². The molecule has 71 heavy (non-hydrogen) atoms. The van der Waals surface area contributed by atoms with Crippen LogP contribution in [0.15, 0.2) is 147 Å². The molecule has 0 aliphatic carbocycles. The van der Waals surface area contributed by atoms with Crippen LogP contribution in [0.1, 0.15) is 42.4 Å². The molecule has 2 N–H and O–H groups in total. The van der Waals surface area contributed by atoms with Crippen molar-refractivity contribution in [2.45, 2.75) is 45.5 Å². The van der Waals surface area contributed by atoms with E-state index in [4.69, 9.17) is 38.4 Å². The largest absolute Gasteiger partial charge is 0.492 e. The first kappa shape index (κ1) is 50.4. The maximum atomic E-state index is 6.16. The van der Waals surface area contributed by atoms with E-state index >= 15 is 0 Å². The van der Waals surface area contributed by atoms with E-state index in [1.54, 1.807) is 24.5 Å². The van der Waals surface area contributed by atoms with Crippen LogP contribution in [-0.4, -0.2) is 109 Å². The molecule has 0 amide bonds. The molecule has 0 saturated carbocycles. The first-order valence-electron chi connectivity index (χ1n) is 24.7. The van der Waals surface area contributed by atoms with Crippen molar-refractivity contribution in [2.75, 3.05) is 89.5 Å². The summed E-state index contributed by atoms with van der Waals surface area (Å²) >= 11 is 0. The number of nitrogens with zero attached hydrogens (tertiary/aromatic N) is 6. The molecule has 14 nitrogen and oxygen atoms in total. The second-order valence-corrected chi connectivity index (χ2v) is 17.4. The Hall–Kier alpha value is -6.94. The summed E-state index contributed by atoms with van der Waals surface area (Å²) in [5.41, 5.74) is 8.45. The smallest absolute Gasteiger partial charge is 0.227 e. The Labute approximate surface area is 418 Å². The summed E-state index contributed by atoms with van der Waals surface area (Å²) in [5.74, 6) is 3.50. The number of hydrogen-bond acceptors (Lipinski definition) is 14. The minimum absolute atomic E-state index is 0.430. The highest BCUT2D eigenvalue weighted by Gasteiger charge is 2.15. The molecule has 0 atom stereocenters. The van der Waals surface area contributed by atoms with E-state index in [-0.39, 0.29) is 0 Å². The molecule has 5 heterocycles. The van der Waals surface area contributed by atoms with Crippen LogP contribution in [-0.2, 0) is 34.0 Å².